The molecular formula is C18H15ClN4O3S. The zero-order chi connectivity index (χ0) is 19.0. The maximum atomic E-state index is 12.9. The Kier molecular flexibility index (Phi) is 4.75. The number of halogens is 1. The number of nitrogens with zero attached hydrogens (tertiary/aromatic N) is 4. The number of carbonyl (C=O) groups excluding carboxylic acids is 1. The van der Waals surface area contributed by atoms with E-state index in [1.54, 1.807) is 37.1 Å². The summed E-state index contributed by atoms with van der Waals surface area (Å²) < 4.78 is 12.2. The fourth-order valence-electron chi connectivity index (χ4n) is 3.00. The lowest BCUT2D eigenvalue weighted by Gasteiger charge is -2.09. The second-order valence-electron chi connectivity index (χ2n) is 5.89. The van der Waals surface area contributed by atoms with Crippen molar-refractivity contribution >= 4 is 29.1 Å². The van der Waals surface area contributed by atoms with Gasteiger partial charge in [0.05, 0.1) is 25.2 Å². The number of tetrazole rings is 1. The summed E-state index contributed by atoms with van der Waals surface area (Å²) in [6, 6.07) is 10.8. The summed E-state index contributed by atoms with van der Waals surface area (Å²) in [7, 11) is 3.13. The van der Waals surface area contributed by atoms with Crippen molar-refractivity contribution in [1.82, 2.24) is 20.2 Å². The summed E-state index contributed by atoms with van der Waals surface area (Å²) >= 11 is 7.28. The number of methoxy groups -OCH3 is 2. The van der Waals surface area contributed by atoms with Gasteiger partial charge in [0.25, 0.3) is 0 Å². The highest BCUT2D eigenvalue weighted by Crippen LogP contribution is 2.39. The molecule has 0 saturated heterocycles. The summed E-state index contributed by atoms with van der Waals surface area (Å²) in [6.45, 7) is 0. The Labute approximate surface area is 164 Å². The fraction of sp³-hybridized carbons (Fsp3) is 0.222. The van der Waals surface area contributed by atoms with E-state index < -0.39 is 0 Å². The molecule has 0 unspecified atom stereocenters. The number of fused-ring (bicyclic) bond motifs is 1. The first-order valence-electron chi connectivity index (χ1n) is 8.11. The van der Waals surface area contributed by atoms with Crippen LogP contribution in [-0.4, -0.2) is 45.5 Å². The molecule has 3 aromatic rings. The number of hydrogen-bond acceptors (Lipinski definition) is 7. The number of ketones is 1. The van der Waals surface area contributed by atoms with Crippen molar-refractivity contribution in [2.24, 2.45) is 0 Å². The summed E-state index contributed by atoms with van der Waals surface area (Å²) in [6.07, 6.45) is 0.576. The predicted octanol–water partition coefficient (Wildman–Crippen LogP) is 3.23. The van der Waals surface area contributed by atoms with Crippen molar-refractivity contribution in [3.8, 4) is 17.2 Å². The second kappa shape index (κ2) is 7.21. The first-order valence-corrected chi connectivity index (χ1v) is 9.36. The lowest BCUT2D eigenvalue weighted by atomic mass is 10.1. The monoisotopic (exact) mass is 402 g/mol. The van der Waals surface area contributed by atoms with E-state index in [-0.39, 0.29) is 11.0 Å². The Balaban J connectivity index is 1.61. The van der Waals surface area contributed by atoms with Crippen LogP contribution in [0.5, 0.6) is 11.5 Å². The van der Waals surface area contributed by atoms with Crippen LogP contribution in [0, 0.1) is 0 Å². The molecule has 1 heterocycles. The zero-order valence-corrected chi connectivity index (χ0v) is 16.1. The van der Waals surface area contributed by atoms with Gasteiger partial charge in [-0.15, -0.1) is 5.10 Å². The molecule has 138 valence electrons. The van der Waals surface area contributed by atoms with Gasteiger partial charge in [-0.1, -0.05) is 23.4 Å². The average Bonchev–Trinajstić information content (AvgIpc) is 3.26. The normalized spacial score (nSPS) is 15.7. The molecule has 0 fully saturated rings. The molecule has 0 N–H and O–H groups in total. The van der Waals surface area contributed by atoms with Crippen LogP contribution in [0.2, 0.25) is 5.02 Å². The van der Waals surface area contributed by atoms with Crippen LogP contribution >= 0.6 is 23.4 Å². The van der Waals surface area contributed by atoms with Gasteiger partial charge >= 0.3 is 0 Å². The molecule has 0 aliphatic heterocycles. The Morgan fingerprint density at radius 2 is 1.85 bits per heavy atom. The van der Waals surface area contributed by atoms with E-state index in [0.717, 1.165) is 11.3 Å². The molecule has 2 aromatic carbocycles. The number of rotatable bonds is 5. The third kappa shape index (κ3) is 3.26. The Morgan fingerprint density at radius 3 is 2.56 bits per heavy atom. The maximum Gasteiger partial charge on any atom is 0.214 e. The molecule has 4 rings (SSSR count). The van der Waals surface area contributed by atoms with Crippen LogP contribution in [0.15, 0.2) is 41.6 Å². The minimum Gasteiger partial charge on any atom is -0.493 e. The topological polar surface area (TPSA) is 79.1 Å². The third-order valence-corrected chi connectivity index (χ3v) is 5.71. The smallest absolute Gasteiger partial charge is 0.214 e. The van der Waals surface area contributed by atoms with Gasteiger partial charge in [-0.3, -0.25) is 4.79 Å². The lowest BCUT2D eigenvalue weighted by molar-refractivity contribution is 0.1000. The van der Waals surface area contributed by atoms with Gasteiger partial charge in [0.1, 0.15) is 0 Å². The van der Waals surface area contributed by atoms with E-state index in [9.17, 15) is 4.79 Å². The van der Waals surface area contributed by atoms with Gasteiger partial charge < -0.3 is 9.47 Å². The van der Waals surface area contributed by atoms with Crippen molar-refractivity contribution in [1.29, 1.82) is 0 Å². The van der Waals surface area contributed by atoms with Crippen molar-refractivity contribution in [2.45, 2.75) is 16.8 Å². The van der Waals surface area contributed by atoms with Gasteiger partial charge in [0, 0.05) is 10.6 Å². The number of benzene rings is 2. The van der Waals surface area contributed by atoms with E-state index >= 15 is 0 Å². The molecule has 1 aromatic heterocycles. The van der Waals surface area contributed by atoms with Gasteiger partial charge in [0.2, 0.25) is 5.16 Å². The number of ether oxygens (including phenoxy) is 2. The molecule has 7 nitrogen and oxygen atoms in total. The van der Waals surface area contributed by atoms with Crippen molar-refractivity contribution in [2.75, 3.05) is 14.2 Å². The molecule has 9 heteroatoms. The molecule has 0 radical (unpaired) electrons. The second-order valence-corrected chi connectivity index (χ2v) is 7.50. The van der Waals surface area contributed by atoms with Crippen molar-refractivity contribution < 1.29 is 14.3 Å². The molecule has 0 amide bonds. The van der Waals surface area contributed by atoms with E-state index in [4.69, 9.17) is 21.1 Å². The molecule has 0 saturated carbocycles. The summed E-state index contributed by atoms with van der Waals surface area (Å²) in [4.78, 5) is 12.9. The Hall–Kier alpha value is -2.58. The molecular weight excluding hydrogens is 388 g/mol. The SMILES string of the molecule is COc1cc2c(cc1OC)C(=O)[C@@H](Sc1nnnn1-c1ccc(Cl)cc1)C2. The Morgan fingerprint density at radius 1 is 1.15 bits per heavy atom. The molecule has 0 bridgehead atoms. The van der Waals surface area contributed by atoms with E-state index in [1.165, 1.54) is 11.8 Å². The van der Waals surface area contributed by atoms with Crippen LogP contribution in [0.25, 0.3) is 5.69 Å². The van der Waals surface area contributed by atoms with Crippen molar-refractivity contribution in [3.63, 3.8) is 0 Å². The highest BCUT2D eigenvalue weighted by atomic mass is 35.5. The van der Waals surface area contributed by atoms with Gasteiger partial charge in [0.15, 0.2) is 17.3 Å². The molecule has 1 aliphatic carbocycles. The molecule has 0 spiro atoms. The fourth-order valence-corrected chi connectivity index (χ4v) is 4.21. The largest absolute Gasteiger partial charge is 0.493 e. The van der Waals surface area contributed by atoms with Gasteiger partial charge in [-0.2, -0.15) is 4.68 Å². The zero-order valence-electron chi connectivity index (χ0n) is 14.5. The van der Waals surface area contributed by atoms with Crippen LogP contribution in [0.1, 0.15) is 15.9 Å². The van der Waals surface area contributed by atoms with E-state index in [1.807, 2.05) is 18.2 Å². The number of carbonyl (C=O) groups is 1. The molecule has 1 aliphatic rings. The summed E-state index contributed by atoms with van der Waals surface area (Å²) in [5, 5.41) is 12.7. The molecule has 1 atom stereocenters. The lowest BCUT2D eigenvalue weighted by Crippen LogP contribution is -2.13. The van der Waals surface area contributed by atoms with E-state index in [0.29, 0.717) is 33.7 Å². The van der Waals surface area contributed by atoms with Crippen LogP contribution in [0.3, 0.4) is 0 Å². The first-order chi connectivity index (χ1) is 13.1. The van der Waals surface area contributed by atoms with Crippen LogP contribution < -0.4 is 9.47 Å². The third-order valence-electron chi connectivity index (χ3n) is 4.33. The van der Waals surface area contributed by atoms with Crippen LogP contribution in [-0.2, 0) is 6.42 Å². The Bertz CT molecular complexity index is 1010. The predicted molar refractivity (Wildman–Crippen MR) is 101 cm³/mol. The highest BCUT2D eigenvalue weighted by Gasteiger charge is 2.34. The quantitative estimate of drug-likeness (QED) is 0.648. The standard InChI is InChI=1S/C18H15ClN4O3S/c1-25-14-7-10-8-16(17(24)13(10)9-15(14)26-2)27-18-20-21-22-23(18)12-5-3-11(19)4-6-12/h3-7,9,16H,8H2,1-2H3/t16-/m0/s1. The minimum atomic E-state index is -0.311. The summed E-state index contributed by atoms with van der Waals surface area (Å²) in [5.41, 5.74) is 2.36. The highest BCUT2D eigenvalue weighted by molar-refractivity contribution is 8.00. The average molecular weight is 403 g/mol. The van der Waals surface area contributed by atoms with E-state index in [2.05, 4.69) is 15.5 Å². The first kappa shape index (κ1) is 17.8. The van der Waals surface area contributed by atoms with Gasteiger partial charge in [-0.25, -0.2) is 0 Å². The number of aromatic nitrogens is 4. The number of Topliss-reactive ketones (excluding diaryl/α,β-unsaturated/α-hetero) is 1. The van der Waals surface area contributed by atoms with Crippen LogP contribution in [0.4, 0.5) is 0 Å². The van der Waals surface area contributed by atoms with Crippen molar-refractivity contribution in [3.05, 3.63) is 52.5 Å². The number of thioether (sulfide) groups is 1. The number of hydrogen-bond donors (Lipinski definition) is 0. The summed E-state index contributed by atoms with van der Waals surface area (Å²) in [5.74, 6) is 1.18. The minimum absolute atomic E-state index is 0.0293. The van der Waals surface area contributed by atoms with Gasteiger partial charge in [-0.05, 0) is 58.8 Å². The maximum absolute atomic E-state index is 12.9. The molecule has 27 heavy (non-hydrogen) atoms.